The molecule has 4 heteroatoms. The lowest BCUT2D eigenvalue weighted by molar-refractivity contribution is 0.351. The molecule has 2 aliphatic rings. The van der Waals surface area contributed by atoms with E-state index in [-0.39, 0.29) is 0 Å². The van der Waals surface area contributed by atoms with Crippen LogP contribution in [0, 0.1) is 5.92 Å². The Morgan fingerprint density at radius 2 is 2.24 bits per heavy atom. The Morgan fingerprint density at radius 1 is 1.29 bits per heavy atom. The van der Waals surface area contributed by atoms with E-state index in [0.29, 0.717) is 11.8 Å². The lowest BCUT2D eigenvalue weighted by Gasteiger charge is -2.04. The van der Waals surface area contributed by atoms with Gasteiger partial charge in [0.15, 0.2) is 5.82 Å². The van der Waals surface area contributed by atoms with Gasteiger partial charge in [0.25, 0.3) is 0 Å². The summed E-state index contributed by atoms with van der Waals surface area (Å²) in [5.74, 6) is 3.68. The quantitative estimate of drug-likeness (QED) is 0.874. The summed E-state index contributed by atoms with van der Waals surface area (Å²) in [5.41, 5.74) is 0. The Kier molecular flexibility index (Phi) is 3.14. The first-order valence-corrected chi connectivity index (χ1v) is 6.91. The molecule has 1 aromatic rings. The van der Waals surface area contributed by atoms with Crippen molar-refractivity contribution in [3.63, 3.8) is 0 Å². The molecule has 2 heterocycles. The van der Waals surface area contributed by atoms with Gasteiger partial charge in [-0.15, -0.1) is 0 Å². The molecule has 3 unspecified atom stereocenters. The van der Waals surface area contributed by atoms with Gasteiger partial charge in [-0.2, -0.15) is 4.98 Å². The zero-order valence-electron chi connectivity index (χ0n) is 10.5. The van der Waals surface area contributed by atoms with E-state index in [9.17, 15) is 0 Å². The zero-order valence-corrected chi connectivity index (χ0v) is 10.5. The highest BCUT2D eigenvalue weighted by molar-refractivity contribution is 5.03. The summed E-state index contributed by atoms with van der Waals surface area (Å²) in [6, 6.07) is 0. The van der Waals surface area contributed by atoms with Crippen LogP contribution in [0.15, 0.2) is 4.52 Å². The fraction of sp³-hybridized carbons (Fsp3) is 0.846. The van der Waals surface area contributed by atoms with Gasteiger partial charge in [-0.25, -0.2) is 0 Å². The maximum Gasteiger partial charge on any atom is 0.231 e. The van der Waals surface area contributed by atoms with Gasteiger partial charge in [-0.3, -0.25) is 0 Å². The average molecular weight is 235 g/mol. The Balaban J connectivity index is 1.68. The fourth-order valence-electron chi connectivity index (χ4n) is 3.12. The topological polar surface area (TPSA) is 51.0 Å². The molecule has 1 N–H and O–H groups in total. The molecule has 0 radical (unpaired) electrons. The van der Waals surface area contributed by atoms with E-state index in [4.69, 9.17) is 4.52 Å². The number of rotatable bonds is 3. The molecule has 1 aliphatic carbocycles. The van der Waals surface area contributed by atoms with E-state index in [1.165, 1.54) is 25.7 Å². The van der Waals surface area contributed by atoms with Crippen LogP contribution in [0.25, 0.3) is 0 Å². The van der Waals surface area contributed by atoms with Crippen molar-refractivity contribution in [2.24, 2.45) is 5.92 Å². The van der Waals surface area contributed by atoms with Crippen molar-refractivity contribution < 1.29 is 4.52 Å². The first kappa shape index (κ1) is 11.2. The number of aromatic nitrogens is 2. The van der Waals surface area contributed by atoms with Crippen LogP contribution in [-0.2, 0) is 0 Å². The van der Waals surface area contributed by atoms with Crippen LogP contribution in [0.1, 0.15) is 62.6 Å². The predicted molar refractivity (Wildman–Crippen MR) is 64.9 cm³/mol. The highest BCUT2D eigenvalue weighted by atomic mass is 16.5. The smallest absolute Gasteiger partial charge is 0.231 e. The summed E-state index contributed by atoms with van der Waals surface area (Å²) in [6.45, 7) is 4.34. The van der Waals surface area contributed by atoms with Crippen molar-refractivity contribution >= 4 is 0 Å². The molecule has 94 valence electrons. The third-order valence-corrected chi connectivity index (χ3v) is 4.35. The molecule has 0 aromatic carbocycles. The van der Waals surface area contributed by atoms with Gasteiger partial charge in [-0.05, 0) is 38.1 Å². The van der Waals surface area contributed by atoms with Crippen molar-refractivity contribution in [3.05, 3.63) is 11.7 Å². The number of nitrogens with one attached hydrogen (secondary N) is 1. The molecular formula is C13H21N3O. The van der Waals surface area contributed by atoms with Crippen molar-refractivity contribution in [1.29, 1.82) is 0 Å². The normalized spacial score (nSPS) is 33.4. The molecule has 3 rings (SSSR count). The molecule has 2 fully saturated rings. The van der Waals surface area contributed by atoms with Crippen LogP contribution in [0.5, 0.6) is 0 Å². The van der Waals surface area contributed by atoms with Crippen molar-refractivity contribution in [2.45, 2.75) is 50.9 Å². The fourth-order valence-corrected chi connectivity index (χ4v) is 3.12. The number of hydrogen-bond acceptors (Lipinski definition) is 4. The minimum Gasteiger partial charge on any atom is -0.339 e. The van der Waals surface area contributed by atoms with Crippen LogP contribution in [0.3, 0.4) is 0 Å². The highest BCUT2D eigenvalue weighted by Gasteiger charge is 2.30. The SMILES string of the molecule is CCC1CCC(c2noc(C3CCNC3)n2)C1. The summed E-state index contributed by atoms with van der Waals surface area (Å²) in [6.07, 6.45) is 6.23. The van der Waals surface area contributed by atoms with Crippen LogP contribution < -0.4 is 5.32 Å². The van der Waals surface area contributed by atoms with Crippen molar-refractivity contribution in [1.82, 2.24) is 15.5 Å². The molecular weight excluding hydrogens is 214 g/mol. The Bertz CT molecular complexity index is 370. The second-order valence-corrected chi connectivity index (χ2v) is 5.46. The van der Waals surface area contributed by atoms with Crippen LogP contribution >= 0.6 is 0 Å². The van der Waals surface area contributed by atoms with Crippen LogP contribution in [0.2, 0.25) is 0 Å². The molecule has 1 saturated heterocycles. The molecule has 17 heavy (non-hydrogen) atoms. The summed E-state index contributed by atoms with van der Waals surface area (Å²) >= 11 is 0. The molecule has 1 aliphatic heterocycles. The summed E-state index contributed by atoms with van der Waals surface area (Å²) < 4.78 is 5.43. The Hall–Kier alpha value is -0.900. The van der Waals surface area contributed by atoms with Crippen LogP contribution in [-0.4, -0.2) is 23.2 Å². The summed E-state index contributed by atoms with van der Waals surface area (Å²) in [7, 11) is 0. The van der Waals surface area contributed by atoms with E-state index in [1.54, 1.807) is 0 Å². The first-order chi connectivity index (χ1) is 8.36. The maximum absolute atomic E-state index is 5.43. The third-order valence-electron chi connectivity index (χ3n) is 4.35. The largest absolute Gasteiger partial charge is 0.339 e. The Labute approximate surface area is 102 Å². The average Bonchev–Trinajstić information content (AvgIpc) is 3.09. The lowest BCUT2D eigenvalue weighted by atomic mass is 10.0. The molecule has 1 aromatic heterocycles. The van der Waals surface area contributed by atoms with Gasteiger partial charge in [0.1, 0.15) is 0 Å². The summed E-state index contributed by atoms with van der Waals surface area (Å²) in [5, 5.41) is 7.54. The molecule has 0 bridgehead atoms. The number of nitrogens with zero attached hydrogens (tertiary/aromatic N) is 2. The predicted octanol–water partition coefficient (Wildman–Crippen LogP) is 2.44. The standard InChI is InChI=1S/C13H21N3O/c1-2-9-3-4-10(7-9)12-15-13(17-16-12)11-5-6-14-8-11/h9-11,14H,2-8H2,1H3. The minimum atomic E-state index is 0.444. The van der Waals surface area contributed by atoms with Gasteiger partial charge >= 0.3 is 0 Å². The monoisotopic (exact) mass is 235 g/mol. The molecule has 0 amide bonds. The second-order valence-electron chi connectivity index (χ2n) is 5.46. The van der Waals surface area contributed by atoms with Gasteiger partial charge in [0.05, 0.1) is 5.92 Å². The molecule has 4 nitrogen and oxygen atoms in total. The third kappa shape index (κ3) is 2.23. The maximum atomic E-state index is 5.43. The highest BCUT2D eigenvalue weighted by Crippen LogP contribution is 2.38. The molecule has 0 spiro atoms. The van der Waals surface area contributed by atoms with Gasteiger partial charge in [-0.1, -0.05) is 18.5 Å². The zero-order chi connectivity index (χ0) is 11.7. The van der Waals surface area contributed by atoms with E-state index >= 15 is 0 Å². The van der Waals surface area contributed by atoms with E-state index in [1.807, 2.05) is 0 Å². The van der Waals surface area contributed by atoms with Gasteiger partial charge < -0.3 is 9.84 Å². The van der Waals surface area contributed by atoms with Gasteiger partial charge in [0.2, 0.25) is 5.89 Å². The lowest BCUT2D eigenvalue weighted by Crippen LogP contribution is -2.08. The van der Waals surface area contributed by atoms with Gasteiger partial charge in [0, 0.05) is 12.5 Å². The Morgan fingerprint density at radius 3 is 2.94 bits per heavy atom. The molecule has 3 atom stereocenters. The minimum absolute atomic E-state index is 0.444. The number of hydrogen-bond donors (Lipinski definition) is 1. The van der Waals surface area contributed by atoms with E-state index in [2.05, 4.69) is 22.4 Å². The second kappa shape index (κ2) is 4.77. The van der Waals surface area contributed by atoms with Crippen molar-refractivity contribution in [2.75, 3.05) is 13.1 Å². The molecule has 1 saturated carbocycles. The first-order valence-electron chi connectivity index (χ1n) is 6.91. The van der Waals surface area contributed by atoms with E-state index < -0.39 is 0 Å². The van der Waals surface area contributed by atoms with Crippen molar-refractivity contribution in [3.8, 4) is 0 Å². The van der Waals surface area contributed by atoms with E-state index in [0.717, 1.165) is 37.1 Å². The van der Waals surface area contributed by atoms with Crippen LogP contribution in [0.4, 0.5) is 0 Å². The summed E-state index contributed by atoms with van der Waals surface area (Å²) in [4.78, 5) is 4.63.